The van der Waals surface area contributed by atoms with E-state index in [0.717, 1.165) is 27.8 Å². The van der Waals surface area contributed by atoms with Crippen molar-refractivity contribution in [3.8, 4) is 11.1 Å². The maximum Gasteiger partial charge on any atom is 0.317 e. The molecule has 0 heterocycles. The Balaban J connectivity index is 1.60. The number of sulfone groups is 1. The number of hydrogen-bond donors (Lipinski definition) is 1. The molecule has 0 aliphatic heterocycles. The Morgan fingerprint density at radius 2 is 1.47 bits per heavy atom. The van der Waals surface area contributed by atoms with Gasteiger partial charge in [-0.15, -0.1) is 0 Å². The van der Waals surface area contributed by atoms with Crippen LogP contribution in [-0.4, -0.2) is 32.7 Å². The molecule has 5 nitrogen and oxygen atoms in total. The molecular formula is C24H26N2O3S. The summed E-state index contributed by atoms with van der Waals surface area (Å²) in [6.45, 7) is 0.868. The lowest BCUT2D eigenvalue weighted by Crippen LogP contribution is -2.36. The average molecular weight is 423 g/mol. The lowest BCUT2D eigenvalue weighted by atomic mass is 9.99. The highest BCUT2D eigenvalue weighted by Gasteiger charge is 2.12. The number of nitrogens with one attached hydrogen (secondary N) is 1. The summed E-state index contributed by atoms with van der Waals surface area (Å²) >= 11 is 0. The average Bonchev–Trinajstić information content (AvgIpc) is 2.73. The van der Waals surface area contributed by atoms with Crippen LogP contribution in [0.2, 0.25) is 0 Å². The molecule has 3 aromatic rings. The van der Waals surface area contributed by atoms with Gasteiger partial charge < -0.3 is 10.2 Å². The first-order valence-electron chi connectivity index (χ1n) is 9.70. The molecule has 6 heteroatoms. The van der Waals surface area contributed by atoms with E-state index in [1.165, 1.54) is 6.26 Å². The van der Waals surface area contributed by atoms with Gasteiger partial charge in [0.25, 0.3) is 0 Å². The van der Waals surface area contributed by atoms with E-state index in [1.54, 1.807) is 24.1 Å². The minimum Gasteiger partial charge on any atom is -0.334 e. The number of rotatable bonds is 7. The van der Waals surface area contributed by atoms with E-state index < -0.39 is 9.84 Å². The van der Waals surface area contributed by atoms with E-state index in [1.807, 2.05) is 48.5 Å². The van der Waals surface area contributed by atoms with E-state index >= 15 is 0 Å². The molecule has 0 aliphatic rings. The van der Waals surface area contributed by atoms with Crippen LogP contribution in [-0.2, 0) is 28.7 Å². The molecule has 156 valence electrons. The van der Waals surface area contributed by atoms with Crippen molar-refractivity contribution < 1.29 is 13.2 Å². The Hall–Kier alpha value is -3.12. The summed E-state index contributed by atoms with van der Waals surface area (Å²) in [6, 6.07) is 25.3. The topological polar surface area (TPSA) is 66.5 Å². The molecule has 30 heavy (non-hydrogen) atoms. The molecule has 0 saturated carbocycles. The van der Waals surface area contributed by atoms with Crippen molar-refractivity contribution in [1.82, 2.24) is 10.2 Å². The van der Waals surface area contributed by atoms with E-state index in [0.29, 0.717) is 13.1 Å². The van der Waals surface area contributed by atoms with Gasteiger partial charge in [-0.3, -0.25) is 0 Å². The highest BCUT2D eigenvalue weighted by molar-refractivity contribution is 7.89. The Morgan fingerprint density at radius 1 is 0.867 bits per heavy atom. The van der Waals surface area contributed by atoms with Gasteiger partial charge in [-0.2, -0.15) is 0 Å². The summed E-state index contributed by atoms with van der Waals surface area (Å²) in [5.74, 6) is 0.0171. The fraction of sp³-hybridized carbons (Fsp3) is 0.208. The van der Waals surface area contributed by atoms with Gasteiger partial charge in [0.05, 0.1) is 5.75 Å². The number of amides is 2. The second kappa shape index (κ2) is 9.59. The first kappa shape index (κ1) is 21.6. The van der Waals surface area contributed by atoms with Gasteiger partial charge in [-0.05, 0) is 27.8 Å². The maximum atomic E-state index is 12.6. The van der Waals surface area contributed by atoms with Crippen molar-refractivity contribution in [3.05, 3.63) is 95.6 Å². The largest absolute Gasteiger partial charge is 0.334 e. The number of urea groups is 1. The molecule has 3 aromatic carbocycles. The van der Waals surface area contributed by atoms with Gasteiger partial charge in [-0.25, -0.2) is 13.2 Å². The number of hydrogen-bond acceptors (Lipinski definition) is 3. The van der Waals surface area contributed by atoms with E-state index in [4.69, 9.17) is 0 Å². The summed E-state index contributed by atoms with van der Waals surface area (Å²) in [5.41, 5.74) is 4.96. The summed E-state index contributed by atoms with van der Waals surface area (Å²) in [5, 5.41) is 2.91. The van der Waals surface area contributed by atoms with Crippen LogP contribution < -0.4 is 5.32 Å². The first-order chi connectivity index (χ1) is 14.3. The quantitative estimate of drug-likeness (QED) is 0.619. The zero-order chi connectivity index (χ0) is 21.6. The number of benzene rings is 3. The third kappa shape index (κ3) is 6.19. The van der Waals surface area contributed by atoms with Crippen LogP contribution in [0, 0.1) is 0 Å². The third-order valence-electron chi connectivity index (χ3n) is 4.75. The second-order valence-electron chi connectivity index (χ2n) is 7.42. The smallest absolute Gasteiger partial charge is 0.317 e. The van der Waals surface area contributed by atoms with Crippen molar-refractivity contribution in [1.29, 1.82) is 0 Å². The molecule has 0 bridgehead atoms. The van der Waals surface area contributed by atoms with Crippen LogP contribution in [0.15, 0.2) is 78.9 Å². The van der Waals surface area contributed by atoms with Crippen LogP contribution >= 0.6 is 0 Å². The lowest BCUT2D eigenvalue weighted by Gasteiger charge is -2.20. The zero-order valence-corrected chi connectivity index (χ0v) is 18.0. The summed E-state index contributed by atoms with van der Waals surface area (Å²) < 4.78 is 22.8. The molecule has 0 fully saturated rings. The summed E-state index contributed by atoms with van der Waals surface area (Å²) in [7, 11) is -1.29. The minimum atomic E-state index is -3.06. The van der Waals surface area contributed by atoms with Crippen LogP contribution in [0.1, 0.15) is 16.7 Å². The normalized spacial score (nSPS) is 11.1. The summed E-state index contributed by atoms with van der Waals surface area (Å²) in [6.07, 6.45) is 1.22. The van der Waals surface area contributed by atoms with Crippen molar-refractivity contribution in [2.75, 3.05) is 13.3 Å². The molecular weight excluding hydrogens is 396 g/mol. The molecule has 0 unspecified atom stereocenters. The highest BCUT2D eigenvalue weighted by Crippen LogP contribution is 2.24. The van der Waals surface area contributed by atoms with Crippen molar-refractivity contribution in [2.45, 2.75) is 18.8 Å². The second-order valence-corrected chi connectivity index (χ2v) is 9.56. The van der Waals surface area contributed by atoms with Gasteiger partial charge in [0.1, 0.15) is 0 Å². The molecule has 0 saturated heterocycles. The molecule has 0 aliphatic carbocycles. The number of carbonyl (C=O) groups excluding carboxylic acids is 1. The fourth-order valence-corrected chi connectivity index (χ4v) is 4.05. The monoisotopic (exact) mass is 422 g/mol. The fourth-order valence-electron chi connectivity index (χ4n) is 3.25. The van der Waals surface area contributed by atoms with Crippen LogP contribution in [0.4, 0.5) is 4.79 Å². The van der Waals surface area contributed by atoms with Gasteiger partial charge in [0.2, 0.25) is 0 Å². The zero-order valence-electron chi connectivity index (χ0n) is 17.2. The molecule has 1 N–H and O–H groups in total. The lowest BCUT2D eigenvalue weighted by molar-refractivity contribution is 0.206. The van der Waals surface area contributed by atoms with Crippen LogP contribution in [0.25, 0.3) is 11.1 Å². The van der Waals surface area contributed by atoms with Crippen LogP contribution in [0.5, 0.6) is 0 Å². The standard InChI is InChI=1S/C24H26N2O3S/c1-26(17-22-10-6-7-11-23(22)21-8-4-3-5-9-21)24(27)25-16-19-12-14-20(15-13-19)18-30(2,28)29/h3-15H,16-18H2,1-2H3,(H,25,27). The number of carbonyl (C=O) groups is 1. The van der Waals surface area contributed by atoms with Crippen LogP contribution in [0.3, 0.4) is 0 Å². The summed E-state index contributed by atoms with van der Waals surface area (Å²) in [4.78, 5) is 14.2. The third-order valence-corrected chi connectivity index (χ3v) is 5.61. The van der Waals surface area contributed by atoms with Gasteiger partial charge >= 0.3 is 6.03 Å². The van der Waals surface area contributed by atoms with Crippen molar-refractivity contribution in [2.24, 2.45) is 0 Å². The molecule has 2 amide bonds. The first-order valence-corrected chi connectivity index (χ1v) is 11.8. The van der Waals surface area contributed by atoms with Gasteiger partial charge in [-0.1, -0.05) is 78.9 Å². The van der Waals surface area contributed by atoms with Gasteiger partial charge in [0, 0.05) is 26.4 Å². The Bertz CT molecular complexity index is 1090. The van der Waals surface area contributed by atoms with E-state index in [9.17, 15) is 13.2 Å². The maximum absolute atomic E-state index is 12.6. The van der Waals surface area contributed by atoms with Gasteiger partial charge in [0.15, 0.2) is 9.84 Å². The number of nitrogens with zero attached hydrogens (tertiary/aromatic N) is 1. The predicted octanol–water partition coefficient (Wildman–Crippen LogP) is 4.24. The Labute approximate surface area is 178 Å². The van der Waals surface area contributed by atoms with E-state index in [-0.39, 0.29) is 11.8 Å². The Kier molecular flexibility index (Phi) is 6.90. The molecule has 3 rings (SSSR count). The Morgan fingerprint density at radius 3 is 2.13 bits per heavy atom. The highest BCUT2D eigenvalue weighted by atomic mass is 32.2. The molecule has 0 radical (unpaired) electrons. The molecule has 0 atom stereocenters. The minimum absolute atomic E-state index is 0.0171. The van der Waals surface area contributed by atoms with Crippen molar-refractivity contribution >= 4 is 15.9 Å². The van der Waals surface area contributed by atoms with Crippen molar-refractivity contribution in [3.63, 3.8) is 0 Å². The molecule has 0 spiro atoms. The SMILES string of the molecule is CN(Cc1ccccc1-c1ccccc1)C(=O)NCc1ccc(CS(C)(=O)=O)cc1. The van der Waals surface area contributed by atoms with E-state index in [2.05, 4.69) is 23.5 Å². The molecule has 0 aromatic heterocycles. The predicted molar refractivity (Wildman–Crippen MR) is 121 cm³/mol.